The van der Waals surface area contributed by atoms with Gasteiger partial charge in [0.05, 0.1) is 0 Å². The van der Waals surface area contributed by atoms with E-state index in [0.717, 1.165) is 45.7 Å². The van der Waals surface area contributed by atoms with Crippen LogP contribution in [0.15, 0.2) is 0 Å². The average molecular weight is 323 g/mol. The number of hydrogen-bond donors (Lipinski definition) is 1. The Morgan fingerprint density at radius 1 is 1.00 bits per heavy atom. The normalized spacial score (nSPS) is 33.1. The highest BCUT2D eigenvalue weighted by atomic mass is 16.3. The summed E-state index contributed by atoms with van der Waals surface area (Å²) >= 11 is 0. The van der Waals surface area contributed by atoms with E-state index in [0.29, 0.717) is 12.8 Å². The molecule has 0 aromatic rings. The van der Waals surface area contributed by atoms with E-state index in [4.69, 9.17) is 0 Å². The fraction of sp³-hybridized carbons (Fsp3) is 0.944. The van der Waals surface area contributed by atoms with Gasteiger partial charge in [-0.3, -0.25) is 4.79 Å². The molecule has 3 aliphatic heterocycles. The highest BCUT2D eigenvalue weighted by Gasteiger charge is 2.46. The van der Waals surface area contributed by atoms with E-state index < -0.39 is 5.60 Å². The SMILES string of the molecule is CCN1CCCC2(CCCN(C(=O)C3(O)CCN(C)CC3)C2)C1. The zero-order valence-corrected chi connectivity index (χ0v) is 14.9. The third-order valence-corrected chi connectivity index (χ3v) is 6.35. The number of rotatable bonds is 2. The first-order valence-electron chi connectivity index (χ1n) is 9.39. The van der Waals surface area contributed by atoms with Gasteiger partial charge in [0.25, 0.3) is 5.91 Å². The van der Waals surface area contributed by atoms with Crippen molar-refractivity contribution < 1.29 is 9.90 Å². The van der Waals surface area contributed by atoms with Gasteiger partial charge in [-0.05, 0) is 58.7 Å². The summed E-state index contributed by atoms with van der Waals surface area (Å²) in [5, 5.41) is 10.9. The highest BCUT2D eigenvalue weighted by Crippen LogP contribution is 2.39. The van der Waals surface area contributed by atoms with Crippen LogP contribution in [0.3, 0.4) is 0 Å². The number of carbonyl (C=O) groups is 1. The molecule has 3 fully saturated rings. The van der Waals surface area contributed by atoms with Crippen molar-refractivity contribution in [2.24, 2.45) is 5.41 Å². The molecule has 0 aliphatic carbocycles. The van der Waals surface area contributed by atoms with E-state index in [1.54, 1.807) is 0 Å². The topological polar surface area (TPSA) is 47.0 Å². The molecule has 0 aromatic heterocycles. The highest BCUT2D eigenvalue weighted by molar-refractivity contribution is 5.85. The first-order valence-corrected chi connectivity index (χ1v) is 9.39. The average Bonchev–Trinajstić information content (AvgIpc) is 2.57. The summed E-state index contributed by atoms with van der Waals surface area (Å²) in [6.07, 6.45) is 5.94. The van der Waals surface area contributed by atoms with Crippen molar-refractivity contribution in [3.8, 4) is 0 Å². The van der Waals surface area contributed by atoms with Crippen molar-refractivity contribution in [1.29, 1.82) is 0 Å². The van der Waals surface area contributed by atoms with E-state index in [-0.39, 0.29) is 11.3 Å². The van der Waals surface area contributed by atoms with E-state index >= 15 is 0 Å². The number of amides is 1. The monoisotopic (exact) mass is 323 g/mol. The van der Waals surface area contributed by atoms with Crippen molar-refractivity contribution >= 4 is 5.91 Å². The molecule has 3 aliphatic rings. The maximum absolute atomic E-state index is 13.0. The molecule has 1 unspecified atom stereocenters. The molecule has 3 saturated heterocycles. The minimum atomic E-state index is -1.12. The Hall–Kier alpha value is -0.650. The molecule has 23 heavy (non-hydrogen) atoms. The Morgan fingerprint density at radius 2 is 1.65 bits per heavy atom. The van der Waals surface area contributed by atoms with Gasteiger partial charge in [0.15, 0.2) is 0 Å². The molecule has 0 bridgehead atoms. The first-order chi connectivity index (χ1) is 11.0. The lowest BCUT2D eigenvalue weighted by Crippen LogP contribution is -2.59. The third-order valence-electron chi connectivity index (χ3n) is 6.35. The van der Waals surface area contributed by atoms with E-state index in [1.165, 1.54) is 25.8 Å². The fourth-order valence-electron chi connectivity index (χ4n) is 4.79. The van der Waals surface area contributed by atoms with Gasteiger partial charge in [0.1, 0.15) is 5.60 Å². The van der Waals surface area contributed by atoms with Gasteiger partial charge in [-0.25, -0.2) is 0 Å². The number of hydrogen-bond acceptors (Lipinski definition) is 4. The predicted molar refractivity (Wildman–Crippen MR) is 91.3 cm³/mol. The van der Waals surface area contributed by atoms with Crippen molar-refractivity contribution in [3.63, 3.8) is 0 Å². The maximum atomic E-state index is 13.0. The van der Waals surface area contributed by atoms with Crippen LogP contribution in [0.1, 0.15) is 45.4 Å². The minimum Gasteiger partial charge on any atom is -0.380 e. The number of carbonyl (C=O) groups excluding carboxylic acids is 1. The maximum Gasteiger partial charge on any atom is 0.254 e. The second-order valence-electron chi connectivity index (χ2n) is 8.14. The zero-order chi connectivity index (χ0) is 16.5. The van der Waals surface area contributed by atoms with Crippen LogP contribution in [0.5, 0.6) is 0 Å². The second-order valence-corrected chi connectivity index (χ2v) is 8.14. The summed E-state index contributed by atoms with van der Waals surface area (Å²) in [5.74, 6) is -0.00158. The summed E-state index contributed by atoms with van der Waals surface area (Å²) in [7, 11) is 2.06. The Balaban J connectivity index is 1.67. The van der Waals surface area contributed by atoms with Gasteiger partial charge < -0.3 is 19.8 Å². The quantitative estimate of drug-likeness (QED) is 0.829. The molecule has 1 atom stereocenters. The molecule has 1 amide bonds. The van der Waals surface area contributed by atoms with Gasteiger partial charge in [0.2, 0.25) is 0 Å². The lowest BCUT2D eigenvalue weighted by Gasteiger charge is -2.50. The molecule has 3 heterocycles. The van der Waals surface area contributed by atoms with Crippen molar-refractivity contribution in [3.05, 3.63) is 0 Å². The van der Waals surface area contributed by atoms with E-state index in [2.05, 4.69) is 23.8 Å². The lowest BCUT2D eigenvalue weighted by atomic mass is 9.73. The molecule has 132 valence electrons. The number of nitrogens with zero attached hydrogens (tertiary/aromatic N) is 3. The van der Waals surface area contributed by atoms with Crippen LogP contribution >= 0.6 is 0 Å². The summed E-state index contributed by atoms with van der Waals surface area (Å²) in [6, 6.07) is 0. The summed E-state index contributed by atoms with van der Waals surface area (Å²) in [6.45, 7) is 8.94. The molecule has 3 rings (SSSR count). The third kappa shape index (κ3) is 3.57. The van der Waals surface area contributed by atoms with Crippen molar-refractivity contribution in [1.82, 2.24) is 14.7 Å². The van der Waals surface area contributed by atoms with Gasteiger partial charge >= 0.3 is 0 Å². The number of aliphatic hydroxyl groups is 1. The van der Waals surface area contributed by atoms with Crippen LogP contribution < -0.4 is 0 Å². The predicted octanol–water partition coefficient (Wildman–Crippen LogP) is 1.17. The summed E-state index contributed by atoms with van der Waals surface area (Å²) in [4.78, 5) is 19.7. The first kappa shape index (κ1) is 17.2. The fourth-order valence-corrected chi connectivity index (χ4v) is 4.79. The molecule has 1 N–H and O–H groups in total. The Bertz CT molecular complexity index is 430. The number of likely N-dealkylation sites (tertiary alicyclic amines) is 3. The van der Waals surface area contributed by atoms with Crippen LogP contribution in [0.25, 0.3) is 0 Å². The standard InChI is InChI=1S/C18H33N3O2/c1-3-20-10-4-6-17(14-20)7-5-11-21(15-17)16(22)18(23)8-12-19(2)13-9-18/h23H,3-15H2,1-2H3. The molecule has 1 spiro atoms. The second kappa shape index (κ2) is 6.69. The van der Waals surface area contributed by atoms with Crippen LogP contribution in [-0.2, 0) is 4.79 Å². The van der Waals surface area contributed by atoms with E-state index in [9.17, 15) is 9.90 Å². The molecule has 5 nitrogen and oxygen atoms in total. The van der Waals surface area contributed by atoms with Crippen LogP contribution in [-0.4, -0.2) is 84.2 Å². The summed E-state index contributed by atoms with van der Waals surface area (Å²) in [5.41, 5.74) is -0.853. The zero-order valence-electron chi connectivity index (χ0n) is 14.9. The summed E-state index contributed by atoms with van der Waals surface area (Å²) < 4.78 is 0. The van der Waals surface area contributed by atoms with Crippen molar-refractivity contribution in [2.75, 3.05) is 52.9 Å². The largest absolute Gasteiger partial charge is 0.380 e. The van der Waals surface area contributed by atoms with Crippen LogP contribution in [0.4, 0.5) is 0 Å². The molecule has 5 heteroatoms. The molecule has 0 radical (unpaired) electrons. The Morgan fingerprint density at radius 3 is 2.30 bits per heavy atom. The van der Waals surface area contributed by atoms with Gasteiger partial charge in [-0.2, -0.15) is 0 Å². The molecule has 0 aromatic carbocycles. The number of piperidine rings is 3. The minimum absolute atomic E-state index is 0.00158. The van der Waals surface area contributed by atoms with Crippen LogP contribution in [0, 0.1) is 5.41 Å². The van der Waals surface area contributed by atoms with Crippen molar-refractivity contribution in [2.45, 2.75) is 51.0 Å². The lowest BCUT2D eigenvalue weighted by molar-refractivity contribution is -0.160. The molecule has 0 saturated carbocycles. The van der Waals surface area contributed by atoms with Crippen LogP contribution in [0.2, 0.25) is 0 Å². The Labute approximate surface area is 140 Å². The van der Waals surface area contributed by atoms with Gasteiger partial charge in [-0.15, -0.1) is 0 Å². The smallest absolute Gasteiger partial charge is 0.254 e. The van der Waals surface area contributed by atoms with E-state index in [1.807, 2.05) is 4.90 Å². The molecular formula is C18H33N3O2. The molecular weight excluding hydrogens is 290 g/mol. The van der Waals surface area contributed by atoms with Gasteiger partial charge in [0, 0.05) is 38.1 Å². The Kier molecular flexibility index (Phi) is 5.00. The van der Waals surface area contributed by atoms with Gasteiger partial charge in [-0.1, -0.05) is 6.92 Å².